The fourth-order valence-corrected chi connectivity index (χ4v) is 3.27. The Bertz CT molecular complexity index is 365. The molecule has 0 radical (unpaired) electrons. The van der Waals surface area contributed by atoms with Crippen molar-refractivity contribution in [3.63, 3.8) is 0 Å². The molecule has 2 fully saturated rings. The van der Waals surface area contributed by atoms with Crippen LogP contribution in [0.3, 0.4) is 0 Å². The summed E-state index contributed by atoms with van der Waals surface area (Å²) in [6.45, 7) is 3.50. The van der Waals surface area contributed by atoms with Gasteiger partial charge in [-0.15, -0.1) is 0 Å². The predicted octanol–water partition coefficient (Wildman–Crippen LogP) is 1.90. The first-order valence-corrected chi connectivity index (χ1v) is 6.24. The Morgan fingerprint density at radius 2 is 2.06 bits per heavy atom. The zero-order valence-electron chi connectivity index (χ0n) is 9.60. The van der Waals surface area contributed by atoms with Crippen molar-refractivity contribution in [2.75, 3.05) is 18.8 Å². The molecule has 2 atom stereocenters. The molecule has 1 saturated heterocycles. The van der Waals surface area contributed by atoms with Crippen molar-refractivity contribution in [2.24, 2.45) is 11.8 Å². The molecule has 1 aliphatic carbocycles. The van der Waals surface area contributed by atoms with Gasteiger partial charge in [0.05, 0.1) is 5.69 Å². The van der Waals surface area contributed by atoms with Gasteiger partial charge in [0.15, 0.2) is 0 Å². The summed E-state index contributed by atoms with van der Waals surface area (Å²) in [5.74, 6) is 1.92. The van der Waals surface area contributed by atoms with E-state index in [2.05, 4.69) is 9.88 Å². The highest BCUT2D eigenvalue weighted by Crippen LogP contribution is 2.38. The van der Waals surface area contributed by atoms with Gasteiger partial charge >= 0.3 is 0 Å². The second kappa shape index (κ2) is 4.06. The lowest BCUT2D eigenvalue weighted by Crippen LogP contribution is -2.21. The summed E-state index contributed by atoms with van der Waals surface area (Å²) >= 11 is 0. The van der Waals surface area contributed by atoms with E-state index in [0.717, 1.165) is 29.8 Å². The lowest BCUT2D eigenvalue weighted by atomic mass is 10.0. The van der Waals surface area contributed by atoms with Gasteiger partial charge in [0.25, 0.3) is 0 Å². The van der Waals surface area contributed by atoms with E-state index in [1.54, 1.807) is 0 Å². The van der Waals surface area contributed by atoms with Crippen molar-refractivity contribution in [1.29, 1.82) is 0 Å². The first-order chi connectivity index (χ1) is 7.81. The van der Waals surface area contributed by atoms with Gasteiger partial charge in [-0.3, -0.25) is 9.88 Å². The number of nitrogen functional groups attached to an aromatic ring is 1. The zero-order valence-corrected chi connectivity index (χ0v) is 9.60. The molecule has 0 spiro atoms. The Morgan fingerprint density at radius 3 is 2.75 bits per heavy atom. The van der Waals surface area contributed by atoms with Crippen molar-refractivity contribution in [3.8, 4) is 0 Å². The Kier molecular flexibility index (Phi) is 2.56. The molecule has 1 aliphatic heterocycles. The number of anilines is 1. The van der Waals surface area contributed by atoms with Gasteiger partial charge in [0, 0.05) is 31.5 Å². The molecule has 3 nitrogen and oxygen atoms in total. The Labute approximate surface area is 96.7 Å². The fraction of sp³-hybridized carbons (Fsp3) is 0.615. The van der Waals surface area contributed by atoms with Crippen LogP contribution in [0.15, 0.2) is 18.3 Å². The van der Waals surface area contributed by atoms with Crippen molar-refractivity contribution >= 4 is 5.69 Å². The van der Waals surface area contributed by atoms with Gasteiger partial charge in [-0.2, -0.15) is 0 Å². The normalized spacial score (nSPS) is 29.5. The standard InChI is InChI=1S/C13H19N3/c14-12-4-5-15-13(6-12)9-16-7-10-2-1-3-11(10)8-16/h4-6,10-11H,1-3,7-9H2,(H2,14,15). The molecule has 2 heterocycles. The van der Waals surface area contributed by atoms with Crippen LogP contribution in [0.25, 0.3) is 0 Å². The summed E-state index contributed by atoms with van der Waals surface area (Å²) in [7, 11) is 0. The monoisotopic (exact) mass is 217 g/mol. The van der Waals surface area contributed by atoms with Crippen molar-refractivity contribution in [2.45, 2.75) is 25.8 Å². The largest absolute Gasteiger partial charge is 0.399 e. The summed E-state index contributed by atoms with van der Waals surface area (Å²) in [4.78, 5) is 6.91. The van der Waals surface area contributed by atoms with E-state index in [0.29, 0.717) is 0 Å². The molecular weight excluding hydrogens is 198 g/mol. The number of hydrogen-bond acceptors (Lipinski definition) is 3. The zero-order chi connectivity index (χ0) is 11.0. The van der Waals surface area contributed by atoms with Crippen LogP contribution < -0.4 is 5.73 Å². The van der Waals surface area contributed by atoms with Crippen LogP contribution in [0.2, 0.25) is 0 Å². The minimum atomic E-state index is 0.824. The average Bonchev–Trinajstić information content (AvgIpc) is 2.77. The number of aromatic nitrogens is 1. The molecule has 1 aromatic heterocycles. The molecular formula is C13H19N3. The second-order valence-corrected chi connectivity index (χ2v) is 5.23. The Morgan fingerprint density at radius 1 is 1.31 bits per heavy atom. The van der Waals surface area contributed by atoms with E-state index < -0.39 is 0 Å². The van der Waals surface area contributed by atoms with Crippen LogP contribution >= 0.6 is 0 Å². The van der Waals surface area contributed by atoms with Crippen LogP contribution in [0.1, 0.15) is 25.0 Å². The lowest BCUT2D eigenvalue weighted by molar-refractivity contribution is 0.300. The summed E-state index contributed by atoms with van der Waals surface area (Å²) in [5.41, 5.74) is 7.70. The van der Waals surface area contributed by atoms with Crippen molar-refractivity contribution in [3.05, 3.63) is 24.0 Å². The molecule has 1 saturated carbocycles. The minimum absolute atomic E-state index is 0.824. The maximum absolute atomic E-state index is 5.77. The van der Waals surface area contributed by atoms with E-state index in [1.165, 1.54) is 32.4 Å². The summed E-state index contributed by atoms with van der Waals surface area (Å²) in [6.07, 6.45) is 6.12. The molecule has 86 valence electrons. The van der Waals surface area contributed by atoms with Crippen molar-refractivity contribution in [1.82, 2.24) is 9.88 Å². The molecule has 3 rings (SSSR count). The first kappa shape index (κ1) is 10.1. The van der Waals surface area contributed by atoms with Gasteiger partial charge in [0.2, 0.25) is 0 Å². The summed E-state index contributed by atoms with van der Waals surface area (Å²) < 4.78 is 0. The molecule has 3 heteroatoms. The number of rotatable bonds is 2. The molecule has 2 unspecified atom stereocenters. The molecule has 16 heavy (non-hydrogen) atoms. The third kappa shape index (κ3) is 1.92. The van der Waals surface area contributed by atoms with Crippen LogP contribution in [0.4, 0.5) is 5.69 Å². The molecule has 2 N–H and O–H groups in total. The molecule has 2 aliphatic rings. The number of fused-ring (bicyclic) bond motifs is 1. The second-order valence-electron chi connectivity index (χ2n) is 5.23. The number of hydrogen-bond donors (Lipinski definition) is 1. The van der Waals surface area contributed by atoms with E-state index in [-0.39, 0.29) is 0 Å². The third-order valence-corrected chi connectivity index (χ3v) is 4.03. The summed E-state index contributed by atoms with van der Waals surface area (Å²) in [5, 5.41) is 0. The number of likely N-dealkylation sites (tertiary alicyclic amines) is 1. The van der Waals surface area contributed by atoms with E-state index in [1.807, 2.05) is 18.3 Å². The number of nitrogens with two attached hydrogens (primary N) is 1. The lowest BCUT2D eigenvalue weighted by Gasteiger charge is -2.16. The average molecular weight is 217 g/mol. The van der Waals surface area contributed by atoms with Crippen molar-refractivity contribution < 1.29 is 0 Å². The van der Waals surface area contributed by atoms with E-state index in [9.17, 15) is 0 Å². The fourth-order valence-electron chi connectivity index (χ4n) is 3.27. The first-order valence-electron chi connectivity index (χ1n) is 6.24. The predicted molar refractivity (Wildman–Crippen MR) is 64.8 cm³/mol. The van der Waals surface area contributed by atoms with E-state index in [4.69, 9.17) is 5.73 Å². The minimum Gasteiger partial charge on any atom is -0.399 e. The smallest absolute Gasteiger partial charge is 0.0564 e. The number of nitrogens with zero attached hydrogens (tertiary/aromatic N) is 2. The van der Waals surface area contributed by atoms with Gasteiger partial charge in [0.1, 0.15) is 0 Å². The number of pyridine rings is 1. The quantitative estimate of drug-likeness (QED) is 0.822. The molecule has 0 bridgehead atoms. The Hall–Kier alpha value is -1.09. The third-order valence-electron chi connectivity index (χ3n) is 4.03. The van der Waals surface area contributed by atoms with Gasteiger partial charge in [-0.25, -0.2) is 0 Å². The van der Waals surface area contributed by atoms with Crippen LogP contribution in [0, 0.1) is 11.8 Å². The maximum atomic E-state index is 5.77. The Balaban J connectivity index is 1.64. The molecule has 0 amide bonds. The van der Waals surface area contributed by atoms with Crippen LogP contribution in [-0.4, -0.2) is 23.0 Å². The molecule has 0 aromatic carbocycles. The topological polar surface area (TPSA) is 42.1 Å². The SMILES string of the molecule is Nc1ccnc(CN2CC3CCCC3C2)c1. The summed E-state index contributed by atoms with van der Waals surface area (Å²) in [6, 6.07) is 3.84. The van der Waals surface area contributed by atoms with Crippen LogP contribution in [-0.2, 0) is 6.54 Å². The van der Waals surface area contributed by atoms with Gasteiger partial charge in [-0.1, -0.05) is 6.42 Å². The highest BCUT2D eigenvalue weighted by Gasteiger charge is 2.35. The highest BCUT2D eigenvalue weighted by atomic mass is 15.2. The van der Waals surface area contributed by atoms with Crippen LogP contribution in [0.5, 0.6) is 0 Å². The van der Waals surface area contributed by atoms with Gasteiger partial charge < -0.3 is 5.73 Å². The van der Waals surface area contributed by atoms with E-state index >= 15 is 0 Å². The highest BCUT2D eigenvalue weighted by molar-refractivity contribution is 5.37. The maximum Gasteiger partial charge on any atom is 0.0564 e. The van der Waals surface area contributed by atoms with Gasteiger partial charge in [-0.05, 0) is 36.8 Å². The molecule has 1 aromatic rings.